The van der Waals surface area contributed by atoms with Crippen molar-refractivity contribution in [1.29, 1.82) is 0 Å². The summed E-state index contributed by atoms with van der Waals surface area (Å²) in [6.07, 6.45) is 9.89. The van der Waals surface area contributed by atoms with Crippen molar-refractivity contribution >= 4 is 28.5 Å². The average molecular weight is 477 g/mol. The van der Waals surface area contributed by atoms with Gasteiger partial charge in [-0.1, -0.05) is 60.2 Å². The molecule has 1 saturated heterocycles. The van der Waals surface area contributed by atoms with Crippen LogP contribution >= 0.6 is 0 Å². The van der Waals surface area contributed by atoms with Crippen molar-refractivity contribution in [3.05, 3.63) is 112 Å². The third kappa shape index (κ3) is 4.38. The molecule has 0 saturated carbocycles. The van der Waals surface area contributed by atoms with Crippen molar-refractivity contribution < 1.29 is 14.6 Å². The largest absolute Gasteiger partial charge is 0.478 e. The number of benzene rings is 3. The number of rotatable bonds is 5. The maximum absolute atomic E-state index is 10.9. The number of aromatic nitrogens is 2. The van der Waals surface area contributed by atoms with Crippen LogP contribution in [0.2, 0.25) is 0 Å². The van der Waals surface area contributed by atoms with Gasteiger partial charge in [-0.2, -0.15) is 5.10 Å². The lowest BCUT2D eigenvalue weighted by Gasteiger charge is -2.23. The van der Waals surface area contributed by atoms with E-state index in [9.17, 15) is 4.79 Å². The van der Waals surface area contributed by atoms with E-state index in [4.69, 9.17) is 9.84 Å². The Morgan fingerprint density at radius 3 is 2.42 bits per heavy atom. The number of carbonyl (C=O) groups is 1. The van der Waals surface area contributed by atoms with Crippen LogP contribution < -0.4 is 0 Å². The predicted octanol–water partition coefficient (Wildman–Crippen LogP) is 6.43. The zero-order chi connectivity index (χ0) is 24.5. The van der Waals surface area contributed by atoms with Crippen LogP contribution in [0.15, 0.2) is 84.6 Å². The van der Waals surface area contributed by atoms with Crippen molar-refractivity contribution in [3.63, 3.8) is 0 Å². The second kappa shape index (κ2) is 9.59. The number of fused-ring (bicyclic) bond motifs is 2. The van der Waals surface area contributed by atoms with Gasteiger partial charge in [0.25, 0.3) is 0 Å². The molecule has 2 heterocycles. The fourth-order valence-corrected chi connectivity index (χ4v) is 5.46. The van der Waals surface area contributed by atoms with Crippen LogP contribution in [-0.2, 0) is 22.4 Å². The Kier molecular flexibility index (Phi) is 5.99. The van der Waals surface area contributed by atoms with E-state index >= 15 is 0 Å². The molecule has 0 radical (unpaired) electrons. The number of hydrogen-bond acceptors (Lipinski definition) is 3. The molecule has 2 aliphatic rings. The number of hydrogen-bond donors (Lipinski definition) is 1. The number of nitrogens with zero attached hydrogens (tertiary/aromatic N) is 2. The summed E-state index contributed by atoms with van der Waals surface area (Å²) < 4.78 is 8.02. The zero-order valence-electron chi connectivity index (χ0n) is 20.1. The molecule has 4 aromatic rings. The lowest BCUT2D eigenvalue weighted by molar-refractivity contribution is -0.131. The van der Waals surface area contributed by atoms with Crippen LogP contribution in [0.3, 0.4) is 0 Å². The summed E-state index contributed by atoms with van der Waals surface area (Å²) in [6.45, 7) is 0.790. The van der Waals surface area contributed by atoms with Crippen molar-refractivity contribution in [1.82, 2.24) is 9.78 Å². The Balaban J connectivity index is 1.42. The van der Waals surface area contributed by atoms with Gasteiger partial charge in [0.2, 0.25) is 0 Å². The molecule has 6 rings (SSSR count). The summed E-state index contributed by atoms with van der Waals surface area (Å²) in [7, 11) is 0. The lowest BCUT2D eigenvalue weighted by atomic mass is 9.90. The second-order valence-corrected chi connectivity index (χ2v) is 9.58. The highest BCUT2D eigenvalue weighted by Gasteiger charge is 2.22. The minimum Gasteiger partial charge on any atom is -0.478 e. The van der Waals surface area contributed by atoms with Gasteiger partial charge in [0.1, 0.15) is 0 Å². The van der Waals surface area contributed by atoms with Gasteiger partial charge in [-0.15, -0.1) is 0 Å². The smallest absolute Gasteiger partial charge is 0.328 e. The third-order valence-electron chi connectivity index (χ3n) is 7.21. The number of allylic oxidation sites excluding steroid dienone is 1. The highest BCUT2D eigenvalue weighted by atomic mass is 16.5. The standard InChI is InChI=1S/C31H28N2O3/c34-30(35)15-10-21-8-11-22(12-9-21)31(26-17-23-5-1-2-6-24(23)18-26)25-13-14-28-27(19-25)20-32-33(28)29-7-3-4-16-36-29/h1-2,5-6,8-15,19-20,29H,3-4,7,16-18H2,(H,34,35). The minimum absolute atomic E-state index is 0.00987. The monoisotopic (exact) mass is 476 g/mol. The topological polar surface area (TPSA) is 64.3 Å². The molecule has 1 fully saturated rings. The normalized spacial score (nSPS) is 17.6. The first-order valence-electron chi connectivity index (χ1n) is 12.6. The maximum atomic E-state index is 10.9. The van der Waals surface area contributed by atoms with E-state index in [0.717, 1.165) is 54.3 Å². The highest BCUT2D eigenvalue weighted by molar-refractivity contribution is 5.90. The SMILES string of the molecule is O=C(O)C=Cc1ccc(C(=C2Cc3ccccc3C2)c2ccc3c(cnn3C3CCCCO3)c2)cc1. The third-order valence-corrected chi connectivity index (χ3v) is 7.21. The van der Waals surface area contributed by atoms with Gasteiger partial charge in [0.15, 0.2) is 6.23 Å². The van der Waals surface area contributed by atoms with Gasteiger partial charge < -0.3 is 9.84 Å². The van der Waals surface area contributed by atoms with Crippen LogP contribution in [0.4, 0.5) is 0 Å². The molecule has 1 aromatic heterocycles. The lowest BCUT2D eigenvalue weighted by Crippen LogP contribution is -2.18. The summed E-state index contributed by atoms with van der Waals surface area (Å²) in [4.78, 5) is 10.9. The number of carboxylic acid groups (broad SMARTS) is 1. The van der Waals surface area contributed by atoms with Crippen molar-refractivity contribution in [3.8, 4) is 0 Å². The first-order chi connectivity index (χ1) is 17.7. The van der Waals surface area contributed by atoms with E-state index in [0.29, 0.717) is 0 Å². The Hall–Kier alpha value is -3.96. The Bertz CT molecular complexity index is 1460. The Labute approximate surface area is 210 Å². The fourth-order valence-electron chi connectivity index (χ4n) is 5.46. The molecule has 36 heavy (non-hydrogen) atoms. The number of ether oxygens (including phenoxy) is 1. The predicted molar refractivity (Wildman–Crippen MR) is 142 cm³/mol. The van der Waals surface area contributed by atoms with Crippen molar-refractivity contribution in [2.24, 2.45) is 0 Å². The highest BCUT2D eigenvalue weighted by Crippen LogP contribution is 2.37. The second-order valence-electron chi connectivity index (χ2n) is 9.58. The van der Waals surface area contributed by atoms with Crippen LogP contribution in [0.1, 0.15) is 53.3 Å². The zero-order valence-corrected chi connectivity index (χ0v) is 20.1. The Morgan fingerprint density at radius 2 is 1.72 bits per heavy atom. The summed E-state index contributed by atoms with van der Waals surface area (Å²) >= 11 is 0. The van der Waals surface area contributed by atoms with E-state index in [-0.39, 0.29) is 6.23 Å². The molecule has 3 aromatic carbocycles. The number of aliphatic carboxylic acids is 1. The molecule has 1 N–H and O–H groups in total. The van der Waals surface area contributed by atoms with Gasteiger partial charge in [0.05, 0.1) is 11.7 Å². The molecule has 180 valence electrons. The van der Waals surface area contributed by atoms with Gasteiger partial charge in [-0.3, -0.25) is 0 Å². The quantitative estimate of drug-likeness (QED) is 0.337. The Morgan fingerprint density at radius 1 is 0.972 bits per heavy atom. The molecule has 0 bridgehead atoms. The van der Waals surface area contributed by atoms with E-state index < -0.39 is 5.97 Å². The van der Waals surface area contributed by atoms with E-state index in [1.165, 1.54) is 40.3 Å². The number of carboxylic acids is 1. The van der Waals surface area contributed by atoms with Crippen molar-refractivity contribution in [2.75, 3.05) is 6.61 Å². The molecule has 5 nitrogen and oxygen atoms in total. The van der Waals surface area contributed by atoms with E-state index in [1.807, 2.05) is 23.0 Å². The first-order valence-corrected chi connectivity index (χ1v) is 12.6. The molecule has 1 unspecified atom stereocenters. The maximum Gasteiger partial charge on any atom is 0.328 e. The van der Waals surface area contributed by atoms with Gasteiger partial charge >= 0.3 is 5.97 Å². The molecular weight excluding hydrogens is 448 g/mol. The fraction of sp³-hybridized carbons (Fsp3) is 0.226. The van der Waals surface area contributed by atoms with Crippen LogP contribution in [-0.4, -0.2) is 27.5 Å². The molecule has 1 atom stereocenters. The van der Waals surface area contributed by atoms with Gasteiger partial charge in [-0.05, 0) is 83.7 Å². The average Bonchev–Trinajstić information content (AvgIpc) is 3.53. The molecule has 5 heteroatoms. The molecule has 1 aliphatic heterocycles. The van der Waals surface area contributed by atoms with E-state index in [1.54, 1.807) is 6.08 Å². The summed E-state index contributed by atoms with van der Waals surface area (Å²) in [5.41, 5.74) is 9.67. The van der Waals surface area contributed by atoms with Crippen LogP contribution in [0, 0.1) is 0 Å². The summed E-state index contributed by atoms with van der Waals surface area (Å²) in [6, 6.07) is 23.4. The van der Waals surface area contributed by atoms with Gasteiger partial charge in [-0.25, -0.2) is 9.48 Å². The summed E-state index contributed by atoms with van der Waals surface area (Å²) in [5.74, 6) is -0.946. The van der Waals surface area contributed by atoms with Gasteiger partial charge in [0, 0.05) is 18.1 Å². The molecule has 0 amide bonds. The van der Waals surface area contributed by atoms with Crippen LogP contribution in [0.25, 0.3) is 22.6 Å². The van der Waals surface area contributed by atoms with Crippen LogP contribution in [0.5, 0.6) is 0 Å². The van der Waals surface area contributed by atoms with Crippen molar-refractivity contribution in [2.45, 2.75) is 38.3 Å². The molecule has 0 spiro atoms. The molecular formula is C31H28N2O3. The summed E-state index contributed by atoms with van der Waals surface area (Å²) in [5, 5.41) is 14.8. The van der Waals surface area contributed by atoms with E-state index in [2.05, 4.69) is 59.7 Å². The molecule has 1 aliphatic carbocycles. The minimum atomic E-state index is -0.946. The first kappa shape index (κ1) is 22.5.